The first-order valence-corrected chi connectivity index (χ1v) is 9.65. The van der Waals surface area contributed by atoms with Crippen molar-refractivity contribution >= 4 is 34.8 Å². The van der Waals surface area contributed by atoms with E-state index in [1.54, 1.807) is 13.3 Å². The van der Waals surface area contributed by atoms with Gasteiger partial charge in [0.15, 0.2) is 5.65 Å². The standard InChI is InChI=1S/C17H21N7OS/c1-24-8-19-17-13(10-3-4-18-7-12(10)26-17)15(24)21-11-5-9-6-20-23-14(9)22-16(11)25-2/h5-6,8,10,12,15,18,21H,3-4,7H2,1-2H3,(H,20,22,23). The number of hydrogen-bond acceptors (Lipinski definition) is 8. The van der Waals surface area contributed by atoms with Crippen LogP contribution in [0.5, 0.6) is 5.88 Å². The molecular formula is C17H21N7OS. The number of likely N-dealkylation sites (N-methyl/N-ethyl adjacent to an activating group) is 1. The van der Waals surface area contributed by atoms with Crippen LogP contribution in [0, 0.1) is 5.92 Å². The third-order valence-electron chi connectivity index (χ3n) is 5.27. The van der Waals surface area contributed by atoms with Gasteiger partial charge < -0.3 is 20.3 Å². The predicted molar refractivity (Wildman–Crippen MR) is 103 cm³/mol. The van der Waals surface area contributed by atoms with Gasteiger partial charge in [-0.05, 0) is 19.0 Å². The van der Waals surface area contributed by atoms with Crippen LogP contribution in [0.25, 0.3) is 11.0 Å². The van der Waals surface area contributed by atoms with E-state index >= 15 is 0 Å². The second-order valence-corrected chi connectivity index (χ2v) is 8.05. The Hall–Kier alpha value is -2.26. The maximum atomic E-state index is 5.51. The van der Waals surface area contributed by atoms with Crippen LogP contribution in [-0.4, -0.2) is 65.1 Å². The second-order valence-electron chi connectivity index (χ2n) is 6.83. The number of anilines is 1. The van der Waals surface area contributed by atoms with Crippen LogP contribution in [0.2, 0.25) is 0 Å². The van der Waals surface area contributed by atoms with E-state index in [2.05, 4.69) is 42.8 Å². The van der Waals surface area contributed by atoms with Crippen LogP contribution in [0.3, 0.4) is 0 Å². The zero-order chi connectivity index (χ0) is 17.7. The topological polar surface area (TPSA) is 90.5 Å². The number of pyridine rings is 1. The molecule has 26 heavy (non-hydrogen) atoms. The predicted octanol–water partition coefficient (Wildman–Crippen LogP) is 1.61. The van der Waals surface area contributed by atoms with E-state index < -0.39 is 0 Å². The molecule has 3 aliphatic heterocycles. The molecule has 3 atom stereocenters. The van der Waals surface area contributed by atoms with Gasteiger partial charge in [-0.25, -0.2) is 4.99 Å². The highest BCUT2D eigenvalue weighted by Gasteiger charge is 2.43. The van der Waals surface area contributed by atoms with E-state index in [0.29, 0.717) is 17.0 Å². The lowest BCUT2D eigenvalue weighted by molar-refractivity contribution is 0.364. The second kappa shape index (κ2) is 6.17. The average Bonchev–Trinajstić information content (AvgIpc) is 3.26. The van der Waals surface area contributed by atoms with E-state index in [9.17, 15) is 0 Å². The largest absolute Gasteiger partial charge is 0.479 e. The molecule has 3 aliphatic rings. The number of thioether (sulfide) groups is 1. The minimum Gasteiger partial charge on any atom is -0.479 e. The molecule has 9 heteroatoms. The highest BCUT2D eigenvalue weighted by Crippen LogP contribution is 2.48. The highest BCUT2D eigenvalue weighted by molar-refractivity contribution is 8.04. The number of hydrogen-bond donors (Lipinski definition) is 3. The fraction of sp³-hybridized carbons (Fsp3) is 0.471. The molecule has 5 heterocycles. The smallest absolute Gasteiger partial charge is 0.239 e. The molecule has 0 bridgehead atoms. The Labute approximate surface area is 155 Å². The average molecular weight is 371 g/mol. The number of aliphatic imine (C=N–C) groups is 1. The number of fused-ring (bicyclic) bond motifs is 3. The summed E-state index contributed by atoms with van der Waals surface area (Å²) in [6, 6.07) is 2.03. The summed E-state index contributed by atoms with van der Waals surface area (Å²) in [4.78, 5) is 11.3. The maximum absolute atomic E-state index is 5.51. The van der Waals surface area contributed by atoms with Gasteiger partial charge in [0.2, 0.25) is 5.88 Å². The first kappa shape index (κ1) is 16.0. The zero-order valence-corrected chi connectivity index (χ0v) is 15.5. The van der Waals surface area contributed by atoms with Crippen molar-refractivity contribution in [1.29, 1.82) is 0 Å². The van der Waals surface area contributed by atoms with Crippen molar-refractivity contribution in [3.8, 4) is 5.88 Å². The minimum atomic E-state index is 0.0446. The first-order valence-electron chi connectivity index (χ1n) is 8.77. The summed E-state index contributed by atoms with van der Waals surface area (Å²) in [6.07, 6.45) is 4.87. The van der Waals surface area contributed by atoms with Crippen LogP contribution >= 0.6 is 11.8 Å². The molecule has 0 radical (unpaired) electrons. The zero-order valence-electron chi connectivity index (χ0n) is 14.7. The number of H-pyrrole nitrogens is 1. The number of piperidine rings is 1. The first-order chi connectivity index (χ1) is 12.7. The quantitative estimate of drug-likeness (QED) is 0.755. The monoisotopic (exact) mass is 371 g/mol. The SMILES string of the molecule is COc1nc2[nH]ncc2cc1NC1C2=C(N=CN1C)SC1CNCCC21. The summed E-state index contributed by atoms with van der Waals surface area (Å²) in [7, 11) is 3.70. The van der Waals surface area contributed by atoms with Crippen molar-refractivity contribution in [2.75, 3.05) is 32.6 Å². The number of rotatable bonds is 3. The van der Waals surface area contributed by atoms with Crippen LogP contribution in [0.4, 0.5) is 5.69 Å². The van der Waals surface area contributed by atoms with Crippen molar-refractivity contribution in [2.24, 2.45) is 10.9 Å². The van der Waals surface area contributed by atoms with Gasteiger partial charge in [0.05, 0.1) is 25.3 Å². The number of nitrogens with zero attached hydrogens (tertiary/aromatic N) is 4. The summed E-state index contributed by atoms with van der Waals surface area (Å²) in [5.41, 5.74) is 2.98. The molecule has 2 aromatic rings. The van der Waals surface area contributed by atoms with Crippen LogP contribution in [0.1, 0.15) is 6.42 Å². The summed E-state index contributed by atoms with van der Waals surface area (Å²) >= 11 is 1.90. The highest BCUT2D eigenvalue weighted by atomic mass is 32.2. The van der Waals surface area contributed by atoms with E-state index in [4.69, 9.17) is 4.74 Å². The van der Waals surface area contributed by atoms with Crippen LogP contribution in [-0.2, 0) is 0 Å². The van der Waals surface area contributed by atoms with Crippen LogP contribution in [0.15, 0.2) is 27.9 Å². The number of aromatic nitrogens is 3. The van der Waals surface area contributed by atoms with Crippen molar-refractivity contribution in [2.45, 2.75) is 17.8 Å². The van der Waals surface area contributed by atoms with Crippen molar-refractivity contribution in [3.63, 3.8) is 0 Å². The molecule has 2 aromatic heterocycles. The summed E-state index contributed by atoms with van der Waals surface area (Å²) in [5.74, 6) is 1.11. The number of ether oxygens (including phenoxy) is 1. The van der Waals surface area contributed by atoms with Gasteiger partial charge in [-0.3, -0.25) is 5.10 Å². The Morgan fingerprint density at radius 3 is 3.23 bits per heavy atom. The lowest BCUT2D eigenvalue weighted by Gasteiger charge is -2.36. The molecular weight excluding hydrogens is 350 g/mol. The van der Waals surface area contributed by atoms with Crippen LogP contribution < -0.4 is 15.4 Å². The Kier molecular flexibility index (Phi) is 3.79. The van der Waals surface area contributed by atoms with Gasteiger partial charge in [0, 0.05) is 35.7 Å². The summed E-state index contributed by atoms with van der Waals surface area (Å²) < 4.78 is 5.51. The lowest BCUT2D eigenvalue weighted by atomic mass is 9.87. The number of nitrogens with one attached hydrogen (secondary N) is 3. The van der Waals surface area contributed by atoms with Crippen molar-refractivity contribution in [1.82, 2.24) is 25.4 Å². The number of methoxy groups -OCH3 is 1. The van der Waals surface area contributed by atoms with Gasteiger partial charge in [0.1, 0.15) is 11.2 Å². The molecule has 8 nitrogen and oxygen atoms in total. The normalized spacial score (nSPS) is 27.6. The molecule has 3 unspecified atom stereocenters. The van der Waals surface area contributed by atoms with E-state index in [0.717, 1.165) is 41.3 Å². The molecule has 0 amide bonds. The Morgan fingerprint density at radius 2 is 2.35 bits per heavy atom. The van der Waals surface area contributed by atoms with E-state index in [-0.39, 0.29) is 6.17 Å². The Bertz CT molecular complexity index is 908. The van der Waals surface area contributed by atoms with E-state index in [1.807, 2.05) is 24.2 Å². The third-order valence-corrected chi connectivity index (χ3v) is 6.63. The lowest BCUT2D eigenvalue weighted by Crippen LogP contribution is -2.45. The fourth-order valence-corrected chi connectivity index (χ4v) is 5.42. The Balaban J connectivity index is 1.52. The molecule has 136 valence electrons. The number of aromatic amines is 1. The molecule has 0 aromatic carbocycles. The van der Waals surface area contributed by atoms with Gasteiger partial charge in [-0.1, -0.05) is 0 Å². The summed E-state index contributed by atoms with van der Waals surface area (Å²) in [6.45, 7) is 2.10. The van der Waals surface area contributed by atoms with Crippen molar-refractivity contribution < 1.29 is 4.74 Å². The molecule has 5 rings (SSSR count). The van der Waals surface area contributed by atoms with Crippen molar-refractivity contribution in [3.05, 3.63) is 22.9 Å². The molecule has 0 saturated carbocycles. The molecule has 1 fully saturated rings. The summed E-state index contributed by atoms with van der Waals surface area (Å²) in [5, 5.41) is 16.8. The molecule has 1 saturated heterocycles. The van der Waals surface area contributed by atoms with Gasteiger partial charge in [-0.15, -0.1) is 11.8 Å². The molecule has 0 spiro atoms. The Morgan fingerprint density at radius 1 is 1.42 bits per heavy atom. The molecule has 0 aliphatic carbocycles. The van der Waals surface area contributed by atoms with Gasteiger partial charge >= 0.3 is 0 Å². The fourth-order valence-electron chi connectivity index (χ4n) is 3.98. The molecule has 3 N–H and O–H groups in total. The maximum Gasteiger partial charge on any atom is 0.239 e. The van der Waals surface area contributed by atoms with Gasteiger partial charge in [0.25, 0.3) is 0 Å². The van der Waals surface area contributed by atoms with Gasteiger partial charge in [-0.2, -0.15) is 10.1 Å². The minimum absolute atomic E-state index is 0.0446. The van der Waals surface area contributed by atoms with E-state index in [1.165, 1.54) is 5.57 Å². The third kappa shape index (κ3) is 2.45.